The van der Waals surface area contributed by atoms with Crippen LogP contribution in [0.3, 0.4) is 0 Å². The van der Waals surface area contributed by atoms with Gasteiger partial charge in [-0.3, -0.25) is 9.89 Å². The molecule has 1 aliphatic heterocycles. The molecule has 0 saturated carbocycles. The van der Waals surface area contributed by atoms with Crippen LogP contribution in [0, 0.1) is 5.92 Å². The van der Waals surface area contributed by atoms with Crippen LogP contribution in [0.1, 0.15) is 53.9 Å². The second kappa shape index (κ2) is 9.87. The number of guanidine groups is 1. The molecule has 21 heavy (non-hydrogen) atoms. The summed E-state index contributed by atoms with van der Waals surface area (Å²) >= 11 is 0. The van der Waals surface area contributed by atoms with Crippen LogP contribution in [0.4, 0.5) is 0 Å². The molecule has 0 aromatic carbocycles. The minimum atomic E-state index is 0. The standard InChI is InChI=1S/C16H34N4.HI/c1-13(2)11-14(20-9-7-8-10-20)12-18-15(17-6)19-16(3,4)5;/h13-14H,7-12H2,1-6H3,(H2,17,18,19);1H. The van der Waals surface area contributed by atoms with Crippen molar-refractivity contribution in [2.45, 2.75) is 65.5 Å². The number of aliphatic imine (C=N–C) groups is 1. The Labute approximate surface area is 148 Å². The second-order valence-electron chi connectivity index (χ2n) is 7.35. The molecule has 0 aliphatic carbocycles. The van der Waals surface area contributed by atoms with Gasteiger partial charge in [0, 0.05) is 25.2 Å². The van der Waals surface area contributed by atoms with Gasteiger partial charge in [-0.2, -0.15) is 0 Å². The highest BCUT2D eigenvalue weighted by Gasteiger charge is 2.23. The van der Waals surface area contributed by atoms with E-state index in [9.17, 15) is 0 Å². The molecule has 1 rings (SSSR count). The molecule has 2 N–H and O–H groups in total. The smallest absolute Gasteiger partial charge is 0.191 e. The van der Waals surface area contributed by atoms with Gasteiger partial charge in [0.1, 0.15) is 0 Å². The summed E-state index contributed by atoms with van der Waals surface area (Å²) in [6.07, 6.45) is 3.95. The van der Waals surface area contributed by atoms with Crippen LogP contribution in [-0.4, -0.2) is 49.1 Å². The number of nitrogens with zero attached hydrogens (tertiary/aromatic N) is 2. The quantitative estimate of drug-likeness (QED) is 0.416. The second-order valence-corrected chi connectivity index (χ2v) is 7.35. The lowest BCUT2D eigenvalue weighted by atomic mass is 10.0. The first-order chi connectivity index (χ1) is 9.31. The molecule has 0 spiro atoms. The third-order valence-electron chi connectivity index (χ3n) is 3.62. The Morgan fingerprint density at radius 2 is 1.76 bits per heavy atom. The van der Waals surface area contributed by atoms with E-state index in [1.165, 1.54) is 32.4 Å². The monoisotopic (exact) mass is 410 g/mol. The van der Waals surface area contributed by atoms with E-state index in [4.69, 9.17) is 0 Å². The first-order valence-corrected chi connectivity index (χ1v) is 8.04. The highest BCUT2D eigenvalue weighted by atomic mass is 127. The van der Waals surface area contributed by atoms with Gasteiger partial charge in [-0.05, 0) is 59.0 Å². The Balaban J connectivity index is 0.00000400. The van der Waals surface area contributed by atoms with Gasteiger partial charge < -0.3 is 10.6 Å². The molecular formula is C16H35IN4. The molecule has 0 aromatic rings. The number of hydrogen-bond acceptors (Lipinski definition) is 2. The van der Waals surface area contributed by atoms with E-state index in [-0.39, 0.29) is 29.5 Å². The van der Waals surface area contributed by atoms with Crippen LogP contribution in [-0.2, 0) is 0 Å². The molecule has 0 amide bonds. The van der Waals surface area contributed by atoms with Crippen molar-refractivity contribution in [3.8, 4) is 0 Å². The minimum Gasteiger partial charge on any atom is -0.355 e. The molecule has 0 aromatic heterocycles. The Morgan fingerprint density at radius 3 is 2.19 bits per heavy atom. The summed E-state index contributed by atoms with van der Waals surface area (Å²) in [5.74, 6) is 1.64. The van der Waals surface area contributed by atoms with Gasteiger partial charge in [0.05, 0.1) is 0 Å². The summed E-state index contributed by atoms with van der Waals surface area (Å²) in [6, 6.07) is 0.621. The van der Waals surface area contributed by atoms with Crippen molar-refractivity contribution in [1.82, 2.24) is 15.5 Å². The number of halogens is 1. The van der Waals surface area contributed by atoms with Crippen LogP contribution in [0.5, 0.6) is 0 Å². The van der Waals surface area contributed by atoms with E-state index in [0.29, 0.717) is 6.04 Å². The number of hydrogen-bond donors (Lipinski definition) is 2. The normalized spacial score (nSPS) is 18.5. The van der Waals surface area contributed by atoms with Crippen LogP contribution in [0.2, 0.25) is 0 Å². The molecule has 5 heteroatoms. The Hall–Kier alpha value is -0.0400. The van der Waals surface area contributed by atoms with Crippen LogP contribution in [0.15, 0.2) is 4.99 Å². The predicted octanol–water partition coefficient (Wildman–Crippen LogP) is 3.08. The van der Waals surface area contributed by atoms with Crippen molar-refractivity contribution < 1.29 is 0 Å². The molecule has 1 fully saturated rings. The number of likely N-dealkylation sites (tertiary alicyclic amines) is 1. The Kier molecular flexibility index (Phi) is 9.85. The fourth-order valence-electron chi connectivity index (χ4n) is 2.76. The zero-order valence-electron chi connectivity index (χ0n) is 14.7. The van der Waals surface area contributed by atoms with Gasteiger partial charge in [0.15, 0.2) is 5.96 Å². The van der Waals surface area contributed by atoms with E-state index < -0.39 is 0 Å². The molecule has 1 aliphatic rings. The van der Waals surface area contributed by atoms with E-state index in [1.54, 1.807) is 0 Å². The Bertz CT molecular complexity index is 304. The average molecular weight is 410 g/mol. The third-order valence-corrected chi connectivity index (χ3v) is 3.62. The predicted molar refractivity (Wildman–Crippen MR) is 104 cm³/mol. The maximum Gasteiger partial charge on any atom is 0.191 e. The molecule has 1 saturated heterocycles. The summed E-state index contributed by atoms with van der Waals surface area (Å²) in [7, 11) is 1.84. The summed E-state index contributed by atoms with van der Waals surface area (Å²) in [4.78, 5) is 6.96. The largest absolute Gasteiger partial charge is 0.355 e. The van der Waals surface area contributed by atoms with E-state index in [0.717, 1.165) is 18.4 Å². The van der Waals surface area contributed by atoms with E-state index in [2.05, 4.69) is 55.1 Å². The molecule has 0 radical (unpaired) electrons. The van der Waals surface area contributed by atoms with Crippen molar-refractivity contribution in [3.63, 3.8) is 0 Å². The molecular weight excluding hydrogens is 375 g/mol. The summed E-state index contributed by atoms with van der Waals surface area (Å²) in [6.45, 7) is 14.6. The van der Waals surface area contributed by atoms with Crippen LogP contribution in [0.25, 0.3) is 0 Å². The van der Waals surface area contributed by atoms with Crippen molar-refractivity contribution >= 4 is 29.9 Å². The lowest BCUT2D eigenvalue weighted by Gasteiger charge is -2.31. The average Bonchev–Trinajstić information content (AvgIpc) is 2.84. The molecule has 1 atom stereocenters. The zero-order valence-corrected chi connectivity index (χ0v) is 17.0. The van der Waals surface area contributed by atoms with Crippen molar-refractivity contribution in [2.24, 2.45) is 10.9 Å². The van der Waals surface area contributed by atoms with Gasteiger partial charge in [0.25, 0.3) is 0 Å². The molecule has 1 unspecified atom stereocenters. The molecule has 126 valence electrons. The first-order valence-electron chi connectivity index (χ1n) is 8.04. The zero-order chi connectivity index (χ0) is 15.2. The molecule has 4 nitrogen and oxygen atoms in total. The Morgan fingerprint density at radius 1 is 1.19 bits per heavy atom. The summed E-state index contributed by atoms with van der Waals surface area (Å²) < 4.78 is 0. The molecule has 1 heterocycles. The van der Waals surface area contributed by atoms with E-state index in [1.807, 2.05) is 7.05 Å². The minimum absolute atomic E-state index is 0. The number of nitrogens with one attached hydrogen (secondary N) is 2. The van der Waals surface area contributed by atoms with Gasteiger partial charge >= 0.3 is 0 Å². The van der Waals surface area contributed by atoms with Crippen molar-refractivity contribution in [2.75, 3.05) is 26.7 Å². The lowest BCUT2D eigenvalue weighted by molar-refractivity contribution is 0.212. The fraction of sp³-hybridized carbons (Fsp3) is 0.938. The van der Waals surface area contributed by atoms with Crippen LogP contribution < -0.4 is 10.6 Å². The SMILES string of the molecule is CN=C(NCC(CC(C)C)N1CCCC1)NC(C)(C)C.I. The topological polar surface area (TPSA) is 39.7 Å². The fourth-order valence-corrected chi connectivity index (χ4v) is 2.76. The van der Waals surface area contributed by atoms with E-state index >= 15 is 0 Å². The van der Waals surface area contributed by atoms with Gasteiger partial charge in [0.2, 0.25) is 0 Å². The number of rotatable bonds is 5. The maximum atomic E-state index is 4.33. The maximum absolute atomic E-state index is 4.33. The van der Waals surface area contributed by atoms with Gasteiger partial charge in [-0.25, -0.2) is 0 Å². The highest BCUT2D eigenvalue weighted by Crippen LogP contribution is 2.17. The van der Waals surface area contributed by atoms with Gasteiger partial charge in [-0.1, -0.05) is 13.8 Å². The molecule has 0 bridgehead atoms. The lowest BCUT2D eigenvalue weighted by Crippen LogP contribution is -2.51. The first kappa shape index (κ1) is 21.0. The van der Waals surface area contributed by atoms with Crippen molar-refractivity contribution in [3.05, 3.63) is 0 Å². The summed E-state index contributed by atoms with van der Waals surface area (Å²) in [5.41, 5.74) is 0.0447. The summed E-state index contributed by atoms with van der Waals surface area (Å²) in [5, 5.41) is 6.93. The van der Waals surface area contributed by atoms with Crippen molar-refractivity contribution in [1.29, 1.82) is 0 Å². The van der Waals surface area contributed by atoms with Crippen LogP contribution >= 0.6 is 24.0 Å². The third kappa shape index (κ3) is 8.86. The highest BCUT2D eigenvalue weighted by molar-refractivity contribution is 14.0. The van der Waals surface area contributed by atoms with Gasteiger partial charge in [-0.15, -0.1) is 24.0 Å².